The molecule has 0 aliphatic carbocycles. The highest BCUT2D eigenvalue weighted by Crippen LogP contribution is 2.33. The van der Waals surface area contributed by atoms with Gasteiger partial charge in [0.25, 0.3) is 5.91 Å². The summed E-state index contributed by atoms with van der Waals surface area (Å²) in [5, 5.41) is 6.32. The molecule has 0 fully saturated rings. The maximum atomic E-state index is 12.6. The van der Waals surface area contributed by atoms with Gasteiger partial charge in [-0.15, -0.1) is 11.3 Å². The monoisotopic (exact) mass is 448 g/mol. The number of rotatable bonds is 5. The minimum atomic E-state index is -3.32. The molecule has 2 aromatic carbocycles. The molecule has 0 saturated heterocycles. The van der Waals surface area contributed by atoms with Gasteiger partial charge in [-0.2, -0.15) is 0 Å². The molecule has 0 aliphatic heterocycles. The molecule has 1 heterocycles. The van der Waals surface area contributed by atoms with E-state index in [0.29, 0.717) is 27.8 Å². The fraction of sp³-hybridized carbons (Fsp3) is 0.238. The van der Waals surface area contributed by atoms with Gasteiger partial charge in [-0.1, -0.05) is 25.4 Å². The van der Waals surface area contributed by atoms with E-state index in [2.05, 4.69) is 24.1 Å². The Balaban J connectivity index is 1.82. The zero-order chi connectivity index (χ0) is 21.3. The van der Waals surface area contributed by atoms with E-state index >= 15 is 0 Å². The van der Waals surface area contributed by atoms with Crippen molar-refractivity contribution < 1.29 is 13.2 Å². The highest BCUT2D eigenvalue weighted by atomic mass is 35.5. The zero-order valence-corrected chi connectivity index (χ0v) is 18.9. The Hall–Kier alpha value is -2.22. The summed E-state index contributed by atoms with van der Waals surface area (Å²) in [7, 11) is -3.32. The van der Waals surface area contributed by atoms with Gasteiger partial charge in [0.15, 0.2) is 9.84 Å². The van der Waals surface area contributed by atoms with Crippen molar-refractivity contribution in [3.05, 3.63) is 62.9 Å². The standard InChI is InChI=1S/C21H21ClN2O3S2/c1-12(2)21-24-19(11-28-21)17-7-5-14(10-18(17)22)23-20(25)16-8-6-15(9-13(16)3)29(4,26)27/h5-12H,1-4H3,(H,23,25). The lowest BCUT2D eigenvalue weighted by atomic mass is 10.1. The largest absolute Gasteiger partial charge is 0.322 e. The number of aromatic nitrogens is 1. The highest BCUT2D eigenvalue weighted by molar-refractivity contribution is 7.90. The molecule has 0 unspecified atom stereocenters. The second-order valence-corrected chi connectivity index (χ2v) is 10.4. The van der Waals surface area contributed by atoms with Crippen LogP contribution in [0.4, 0.5) is 5.69 Å². The minimum absolute atomic E-state index is 0.183. The van der Waals surface area contributed by atoms with Gasteiger partial charge in [-0.05, 0) is 48.9 Å². The van der Waals surface area contributed by atoms with Crippen molar-refractivity contribution in [1.82, 2.24) is 4.98 Å². The number of anilines is 1. The van der Waals surface area contributed by atoms with Gasteiger partial charge in [0.1, 0.15) is 0 Å². The first-order chi connectivity index (χ1) is 13.6. The van der Waals surface area contributed by atoms with Crippen LogP contribution in [0, 0.1) is 6.92 Å². The number of hydrogen-bond acceptors (Lipinski definition) is 5. The van der Waals surface area contributed by atoms with Crippen LogP contribution in [-0.4, -0.2) is 25.6 Å². The number of carbonyl (C=O) groups is 1. The SMILES string of the molecule is Cc1cc(S(C)(=O)=O)ccc1C(=O)Nc1ccc(-c2csc(C(C)C)n2)c(Cl)c1. The molecule has 1 N–H and O–H groups in total. The van der Waals surface area contributed by atoms with E-state index in [1.807, 2.05) is 11.4 Å². The van der Waals surface area contributed by atoms with Crippen molar-refractivity contribution in [2.75, 3.05) is 11.6 Å². The van der Waals surface area contributed by atoms with Crippen LogP contribution in [0.15, 0.2) is 46.7 Å². The van der Waals surface area contributed by atoms with E-state index in [1.165, 1.54) is 18.2 Å². The fourth-order valence-electron chi connectivity index (χ4n) is 2.80. The van der Waals surface area contributed by atoms with Gasteiger partial charge in [-0.25, -0.2) is 13.4 Å². The third-order valence-corrected chi connectivity index (χ3v) is 6.96. The third-order valence-electron chi connectivity index (χ3n) is 4.39. The molecule has 0 saturated carbocycles. The summed E-state index contributed by atoms with van der Waals surface area (Å²) in [6.45, 7) is 5.88. The number of aryl methyl sites for hydroxylation is 1. The number of nitrogens with one attached hydrogen (secondary N) is 1. The number of amides is 1. The first-order valence-electron chi connectivity index (χ1n) is 8.93. The van der Waals surface area contributed by atoms with Crippen LogP contribution in [0.2, 0.25) is 5.02 Å². The molecule has 0 radical (unpaired) electrons. The van der Waals surface area contributed by atoms with Crippen molar-refractivity contribution in [1.29, 1.82) is 0 Å². The van der Waals surface area contributed by atoms with Crippen molar-refractivity contribution >= 4 is 44.4 Å². The maximum Gasteiger partial charge on any atom is 0.255 e. The number of thiazole rings is 1. The lowest BCUT2D eigenvalue weighted by Gasteiger charge is -2.10. The van der Waals surface area contributed by atoms with E-state index in [1.54, 1.807) is 30.4 Å². The summed E-state index contributed by atoms with van der Waals surface area (Å²) in [5.74, 6) is 0.0190. The van der Waals surface area contributed by atoms with E-state index in [9.17, 15) is 13.2 Å². The summed E-state index contributed by atoms with van der Waals surface area (Å²) < 4.78 is 23.3. The molecule has 0 aliphatic rings. The summed E-state index contributed by atoms with van der Waals surface area (Å²) in [6.07, 6.45) is 1.14. The topological polar surface area (TPSA) is 76.1 Å². The molecule has 1 aromatic heterocycles. The Morgan fingerprint density at radius 2 is 1.90 bits per heavy atom. The van der Waals surface area contributed by atoms with Gasteiger partial charge in [0.05, 0.1) is 20.6 Å². The van der Waals surface area contributed by atoms with E-state index < -0.39 is 9.84 Å². The molecule has 5 nitrogen and oxygen atoms in total. The van der Waals surface area contributed by atoms with Crippen LogP contribution < -0.4 is 5.32 Å². The Kier molecular flexibility index (Phi) is 6.12. The molecular weight excluding hydrogens is 428 g/mol. The lowest BCUT2D eigenvalue weighted by Crippen LogP contribution is -2.14. The van der Waals surface area contributed by atoms with Crippen molar-refractivity contribution in [3.8, 4) is 11.3 Å². The zero-order valence-electron chi connectivity index (χ0n) is 16.5. The van der Waals surface area contributed by atoms with E-state index in [0.717, 1.165) is 22.5 Å². The second-order valence-electron chi connectivity index (χ2n) is 7.12. The number of carbonyl (C=O) groups excluding carboxylic acids is 1. The molecule has 3 aromatic rings. The molecular formula is C21H21ClN2O3S2. The smallest absolute Gasteiger partial charge is 0.255 e. The first kappa shape index (κ1) is 21.5. The molecule has 1 amide bonds. The average molecular weight is 449 g/mol. The van der Waals surface area contributed by atoms with Crippen LogP contribution in [0.5, 0.6) is 0 Å². The van der Waals surface area contributed by atoms with Crippen LogP contribution in [-0.2, 0) is 9.84 Å². The molecule has 152 valence electrons. The highest BCUT2D eigenvalue weighted by Gasteiger charge is 2.15. The van der Waals surface area contributed by atoms with Gasteiger partial charge in [0, 0.05) is 34.4 Å². The van der Waals surface area contributed by atoms with Crippen molar-refractivity contribution in [2.24, 2.45) is 0 Å². The number of nitrogens with zero attached hydrogens (tertiary/aromatic N) is 1. The minimum Gasteiger partial charge on any atom is -0.322 e. The Morgan fingerprint density at radius 1 is 1.17 bits per heavy atom. The van der Waals surface area contributed by atoms with Gasteiger partial charge in [-0.3, -0.25) is 4.79 Å². The molecule has 0 bridgehead atoms. The summed E-state index contributed by atoms with van der Waals surface area (Å²) in [6, 6.07) is 9.73. The second kappa shape index (κ2) is 8.26. The summed E-state index contributed by atoms with van der Waals surface area (Å²) in [5.41, 5.74) is 3.15. The molecule has 8 heteroatoms. The van der Waals surface area contributed by atoms with E-state index in [4.69, 9.17) is 11.6 Å². The average Bonchev–Trinajstić information content (AvgIpc) is 3.11. The van der Waals surface area contributed by atoms with Crippen LogP contribution in [0.25, 0.3) is 11.3 Å². The van der Waals surface area contributed by atoms with Crippen LogP contribution in [0.3, 0.4) is 0 Å². The number of hydrogen-bond donors (Lipinski definition) is 1. The van der Waals surface area contributed by atoms with Crippen molar-refractivity contribution in [2.45, 2.75) is 31.6 Å². The first-order valence-corrected chi connectivity index (χ1v) is 12.1. The Morgan fingerprint density at radius 3 is 2.45 bits per heavy atom. The van der Waals surface area contributed by atoms with Crippen LogP contribution >= 0.6 is 22.9 Å². The maximum absolute atomic E-state index is 12.6. The van der Waals surface area contributed by atoms with Crippen LogP contribution in [0.1, 0.15) is 40.7 Å². The molecule has 29 heavy (non-hydrogen) atoms. The van der Waals surface area contributed by atoms with Gasteiger partial charge < -0.3 is 5.32 Å². The molecule has 0 atom stereocenters. The molecule has 0 spiro atoms. The van der Waals surface area contributed by atoms with Gasteiger partial charge in [0.2, 0.25) is 0 Å². The van der Waals surface area contributed by atoms with Crippen molar-refractivity contribution in [3.63, 3.8) is 0 Å². The third kappa shape index (κ3) is 4.86. The normalized spacial score (nSPS) is 11.7. The van der Waals surface area contributed by atoms with E-state index in [-0.39, 0.29) is 10.8 Å². The quantitative estimate of drug-likeness (QED) is 0.555. The lowest BCUT2D eigenvalue weighted by molar-refractivity contribution is 0.102. The molecule has 3 rings (SSSR count). The predicted molar refractivity (Wildman–Crippen MR) is 119 cm³/mol. The number of halogens is 1. The van der Waals surface area contributed by atoms with Gasteiger partial charge >= 0.3 is 0 Å². The fourth-order valence-corrected chi connectivity index (χ4v) is 4.62. The summed E-state index contributed by atoms with van der Waals surface area (Å²) in [4.78, 5) is 17.4. The predicted octanol–water partition coefficient (Wildman–Crippen LogP) is 5.55. The number of sulfone groups is 1. The Labute approximate surface area is 179 Å². The number of benzene rings is 2. The Bertz CT molecular complexity index is 1180. The summed E-state index contributed by atoms with van der Waals surface area (Å²) >= 11 is 8.03.